The summed E-state index contributed by atoms with van der Waals surface area (Å²) in [6.45, 7) is 7.75. The number of hydrogen-bond acceptors (Lipinski definition) is 7. The highest BCUT2D eigenvalue weighted by atomic mass is 16.5. The Morgan fingerprint density at radius 1 is 1.03 bits per heavy atom. The van der Waals surface area contributed by atoms with E-state index in [-0.39, 0.29) is 12.3 Å². The van der Waals surface area contributed by atoms with Gasteiger partial charge in [0.05, 0.1) is 39.0 Å². The van der Waals surface area contributed by atoms with Gasteiger partial charge in [-0.25, -0.2) is 0 Å². The van der Waals surface area contributed by atoms with Gasteiger partial charge in [0.1, 0.15) is 6.61 Å². The van der Waals surface area contributed by atoms with Crippen molar-refractivity contribution in [2.24, 2.45) is 23.5 Å². The topological polar surface area (TPSA) is 120 Å². The number of carboxylic acid groups (broad SMARTS) is 1. The largest absolute Gasteiger partial charge is 0.493 e. The highest BCUT2D eigenvalue weighted by Crippen LogP contribution is 2.31. The van der Waals surface area contributed by atoms with E-state index in [9.17, 15) is 9.90 Å². The molecule has 1 rings (SSSR count). The SMILES string of the molecule is COCCOCCOc1cc(C[C@@H](C[C@H](N)[C@@H](O)C[C@@H](C)C(=O)O)C(C)C)ccc1OC. The van der Waals surface area contributed by atoms with Crippen molar-refractivity contribution in [1.29, 1.82) is 0 Å². The number of aliphatic hydroxyl groups is 1. The van der Waals surface area contributed by atoms with Crippen LogP contribution >= 0.6 is 0 Å². The summed E-state index contributed by atoms with van der Waals surface area (Å²) in [4.78, 5) is 11.1. The summed E-state index contributed by atoms with van der Waals surface area (Å²) in [5, 5.41) is 19.5. The summed E-state index contributed by atoms with van der Waals surface area (Å²) >= 11 is 0. The zero-order valence-corrected chi connectivity index (χ0v) is 20.1. The van der Waals surface area contributed by atoms with Crippen molar-refractivity contribution in [3.05, 3.63) is 23.8 Å². The number of aliphatic hydroxyl groups excluding tert-OH is 1. The molecule has 0 aliphatic heterocycles. The van der Waals surface area contributed by atoms with Gasteiger partial charge in [0, 0.05) is 13.2 Å². The van der Waals surface area contributed by atoms with Gasteiger partial charge in [-0.05, 0) is 48.8 Å². The van der Waals surface area contributed by atoms with E-state index in [1.807, 2.05) is 18.2 Å². The fraction of sp³-hybridized carbons (Fsp3) is 0.708. The Morgan fingerprint density at radius 3 is 2.31 bits per heavy atom. The van der Waals surface area contributed by atoms with Crippen LogP contribution in [-0.2, 0) is 20.7 Å². The second kappa shape index (κ2) is 15.1. The summed E-state index contributed by atoms with van der Waals surface area (Å²) in [5.74, 6) is 0.313. The Labute approximate surface area is 192 Å². The lowest BCUT2D eigenvalue weighted by molar-refractivity contribution is -0.142. The average molecular weight is 456 g/mol. The van der Waals surface area contributed by atoms with Gasteiger partial charge in [-0.3, -0.25) is 4.79 Å². The average Bonchev–Trinajstić information content (AvgIpc) is 2.75. The Balaban J connectivity index is 2.75. The Hall–Kier alpha value is -1.87. The van der Waals surface area contributed by atoms with Crippen molar-refractivity contribution in [1.82, 2.24) is 0 Å². The zero-order valence-electron chi connectivity index (χ0n) is 20.1. The molecule has 0 spiro atoms. The van der Waals surface area contributed by atoms with Gasteiger partial charge in [-0.2, -0.15) is 0 Å². The van der Waals surface area contributed by atoms with Gasteiger partial charge in [-0.1, -0.05) is 26.8 Å². The minimum absolute atomic E-state index is 0.147. The lowest BCUT2D eigenvalue weighted by Gasteiger charge is -2.28. The molecular weight excluding hydrogens is 414 g/mol. The normalized spacial score (nSPS) is 15.2. The van der Waals surface area contributed by atoms with Crippen molar-refractivity contribution in [2.75, 3.05) is 40.6 Å². The van der Waals surface area contributed by atoms with E-state index in [1.165, 1.54) is 0 Å². The fourth-order valence-corrected chi connectivity index (χ4v) is 3.45. The first kappa shape index (κ1) is 28.2. The number of methoxy groups -OCH3 is 2. The Kier molecular flexibility index (Phi) is 13.2. The molecule has 4 atom stereocenters. The zero-order chi connectivity index (χ0) is 24.1. The Morgan fingerprint density at radius 2 is 1.72 bits per heavy atom. The first-order valence-corrected chi connectivity index (χ1v) is 11.2. The molecule has 8 heteroatoms. The van der Waals surface area contributed by atoms with Crippen LogP contribution in [0.25, 0.3) is 0 Å². The van der Waals surface area contributed by atoms with Crippen molar-refractivity contribution >= 4 is 5.97 Å². The number of benzene rings is 1. The molecular formula is C24H41NO7. The number of hydrogen-bond donors (Lipinski definition) is 3. The van der Waals surface area contributed by atoms with Gasteiger partial charge in [0.2, 0.25) is 0 Å². The summed E-state index contributed by atoms with van der Waals surface area (Å²) in [6.07, 6.45) is 0.655. The summed E-state index contributed by atoms with van der Waals surface area (Å²) in [6, 6.07) is 5.38. The summed E-state index contributed by atoms with van der Waals surface area (Å²) in [7, 11) is 3.23. The number of carboxylic acids is 1. The molecule has 0 heterocycles. The predicted octanol–water partition coefficient (Wildman–Crippen LogP) is 2.74. The number of rotatable bonds is 17. The van der Waals surface area contributed by atoms with Crippen LogP contribution in [0.2, 0.25) is 0 Å². The third-order valence-electron chi connectivity index (χ3n) is 5.67. The quantitative estimate of drug-likeness (QED) is 0.307. The van der Waals surface area contributed by atoms with E-state index < -0.39 is 24.0 Å². The smallest absolute Gasteiger partial charge is 0.306 e. The monoisotopic (exact) mass is 455 g/mol. The number of carbonyl (C=O) groups is 1. The second-order valence-corrected chi connectivity index (χ2v) is 8.59. The van der Waals surface area contributed by atoms with Crippen LogP contribution in [0.1, 0.15) is 39.2 Å². The molecule has 0 saturated carbocycles. The second-order valence-electron chi connectivity index (χ2n) is 8.59. The van der Waals surface area contributed by atoms with Crippen LogP contribution in [0, 0.1) is 17.8 Å². The van der Waals surface area contributed by atoms with Crippen LogP contribution in [0.15, 0.2) is 18.2 Å². The molecule has 0 fully saturated rings. The highest BCUT2D eigenvalue weighted by Gasteiger charge is 2.26. The van der Waals surface area contributed by atoms with E-state index >= 15 is 0 Å². The van der Waals surface area contributed by atoms with Crippen molar-refractivity contribution < 1.29 is 34.0 Å². The van der Waals surface area contributed by atoms with E-state index in [4.69, 9.17) is 29.8 Å². The molecule has 1 aromatic rings. The maximum Gasteiger partial charge on any atom is 0.306 e. The molecule has 4 N–H and O–H groups in total. The lowest BCUT2D eigenvalue weighted by atomic mass is 9.82. The van der Waals surface area contributed by atoms with E-state index in [0.717, 1.165) is 12.0 Å². The molecule has 0 aliphatic rings. The molecule has 0 aliphatic carbocycles. The van der Waals surface area contributed by atoms with Crippen LogP contribution in [-0.4, -0.2) is 69.0 Å². The van der Waals surface area contributed by atoms with Crippen LogP contribution in [0.3, 0.4) is 0 Å². The standard InChI is InChI=1S/C24H41NO7/c1-16(2)19(15-20(25)21(26)12-17(3)24(27)28)13-18-6-7-22(30-5)23(14-18)32-11-10-31-9-8-29-4/h6-7,14,16-17,19-21,26H,8-13,15,25H2,1-5H3,(H,27,28)/t17-,19+,20+,21+/m1/s1. The molecule has 0 unspecified atom stereocenters. The maximum atomic E-state index is 11.1. The first-order valence-electron chi connectivity index (χ1n) is 11.2. The number of ether oxygens (including phenoxy) is 4. The molecule has 0 radical (unpaired) electrons. The summed E-state index contributed by atoms with van der Waals surface area (Å²) < 4.78 is 21.7. The third-order valence-corrected chi connectivity index (χ3v) is 5.67. The predicted molar refractivity (Wildman–Crippen MR) is 123 cm³/mol. The van der Waals surface area contributed by atoms with Gasteiger partial charge in [-0.15, -0.1) is 0 Å². The minimum atomic E-state index is -0.925. The molecule has 0 aromatic heterocycles. The lowest BCUT2D eigenvalue weighted by Crippen LogP contribution is -2.39. The van der Waals surface area contributed by atoms with Gasteiger partial charge < -0.3 is 34.9 Å². The molecule has 1 aromatic carbocycles. The molecule has 0 bridgehead atoms. The number of nitrogens with two attached hydrogens (primary N) is 1. The molecule has 184 valence electrons. The van der Waals surface area contributed by atoms with E-state index in [2.05, 4.69) is 13.8 Å². The maximum absolute atomic E-state index is 11.1. The van der Waals surface area contributed by atoms with Gasteiger partial charge in [0.15, 0.2) is 11.5 Å². The van der Waals surface area contributed by atoms with Crippen LogP contribution < -0.4 is 15.2 Å². The van der Waals surface area contributed by atoms with Crippen molar-refractivity contribution in [3.8, 4) is 11.5 Å². The van der Waals surface area contributed by atoms with Crippen molar-refractivity contribution in [2.45, 2.75) is 52.2 Å². The summed E-state index contributed by atoms with van der Waals surface area (Å²) in [5.41, 5.74) is 7.32. The van der Waals surface area contributed by atoms with Gasteiger partial charge in [0.25, 0.3) is 0 Å². The molecule has 32 heavy (non-hydrogen) atoms. The molecule has 0 amide bonds. The van der Waals surface area contributed by atoms with Crippen LogP contribution in [0.5, 0.6) is 11.5 Å². The first-order chi connectivity index (χ1) is 15.2. The Bertz CT molecular complexity index is 668. The highest BCUT2D eigenvalue weighted by molar-refractivity contribution is 5.69. The fourth-order valence-electron chi connectivity index (χ4n) is 3.45. The molecule has 0 saturated heterocycles. The van der Waals surface area contributed by atoms with E-state index in [0.29, 0.717) is 50.3 Å². The molecule has 8 nitrogen and oxygen atoms in total. The van der Waals surface area contributed by atoms with Crippen LogP contribution in [0.4, 0.5) is 0 Å². The van der Waals surface area contributed by atoms with E-state index in [1.54, 1.807) is 21.1 Å². The number of aliphatic carboxylic acids is 1. The van der Waals surface area contributed by atoms with Crippen molar-refractivity contribution in [3.63, 3.8) is 0 Å². The third kappa shape index (κ3) is 10.2. The minimum Gasteiger partial charge on any atom is -0.493 e. The van der Waals surface area contributed by atoms with Gasteiger partial charge >= 0.3 is 5.97 Å².